The predicted octanol–water partition coefficient (Wildman–Crippen LogP) is 20.2. The molecule has 0 saturated heterocycles. The molecule has 0 fully saturated rings. The summed E-state index contributed by atoms with van der Waals surface area (Å²) in [5.41, 5.74) is 28.5. The fraction of sp³-hybridized carbons (Fsp3) is 0.164. The number of aromatic hydroxyl groups is 2. The van der Waals surface area contributed by atoms with Gasteiger partial charge in [-0.2, -0.15) is 0 Å². The van der Waals surface area contributed by atoms with E-state index in [0.29, 0.717) is 5.69 Å². The molecule has 0 aliphatic rings. The highest BCUT2D eigenvalue weighted by Crippen LogP contribution is 2.35. The number of phenols is 2. The van der Waals surface area contributed by atoms with Crippen LogP contribution in [0.4, 0.5) is 28.4 Å². The third-order valence-corrected chi connectivity index (χ3v) is 16.4. The third kappa shape index (κ3) is 23.5. The van der Waals surface area contributed by atoms with E-state index < -0.39 is 0 Å². The number of phenolic OH excluding ortho intramolecular Hbond substituents is 2. The van der Waals surface area contributed by atoms with Crippen LogP contribution < -0.4 is 27.8 Å². The molecule has 76 heavy (non-hydrogen) atoms. The van der Waals surface area contributed by atoms with Crippen LogP contribution >= 0.6 is 162 Å². The van der Waals surface area contributed by atoms with Gasteiger partial charge in [0.1, 0.15) is 11.5 Å². The minimum atomic E-state index is -0.0785. The zero-order chi connectivity index (χ0) is 57.1. The predicted molar refractivity (Wildman–Crippen MR) is 359 cm³/mol. The van der Waals surface area contributed by atoms with E-state index >= 15 is 0 Å². The van der Waals surface area contributed by atoms with Gasteiger partial charge >= 0.3 is 0 Å². The molecule has 7 aromatic carbocycles. The Bertz CT molecular complexity index is 3100. The molecule has 402 valence electrons. The molecule has 21 heteroatoms. The number of thiocarbonyl (C=S) groups is 1. The van der Waals surface area contributed by atoms with Crippen molar-refractivity contribution in [1.82, 2.24) is 9.97 Å². The molecule has 0 spiro atoms. The van der Waals surface area contributed by atoms with Gasteiger partial charge in [0.05, 0.1) is 52.5 Å². The lowest BCUT2D eigenvalue weighted by molar-refractivity contribution is -0.114. The Labute approximate surface area is 525 Å². The maximum absolute atomic E-state index is 10.8. The Kier molecular flexibility index (Phi) is 28.6. The molecule has 10 N–H and O–H groups in total. The summed E-state index contributed by atoms with van der Waals surface area (Å²) in [6, 6.07) is 33.8. The Morgan fingerprint density at radius 1 is 0.461 bits per heavy atom. The smallest absolute Gasteiger partial charge is 0.221 e. The van der Waals surface area contributed by atoms with Crippen molar-refractivity contribution >= 4 is 222 Å². The number of carbonyl (C=O) groups excluding carboxylic acids is 1. The number of carbonyl (C=O) groups is 1. The fourth-order valence-corrected chi connectivity index (χ4v) is 14.1. The molecular formula is C55H55Br8N7O3S3. The first-order chi connectivity index (χ1) is 35.5. The van der Waals surface area contributed by atoms with Crippen LogP contribution in [0.15, 0.2) is 145 Å². The first-order valence-corrected chi connectivity index (χ1v) is 30.7. The lowest BCUT2D eigenvalue weighted by atomic mass is 10.2. The molecule has 0 aliphatic heterocycles. The summed E-state index contributed by atoms with van der Waals surface area (Å²) in [7, 11) is 0. The van der Waals surface area contributed by atoms with Crippen molar-refractivity contribution in [3.63, 3.8) is 0 Å². The number of hydrogen-bond donors (Lipinski definition) is 7. The lowest BCUT2D eigenvalue weighted by Gasteiger charge is -2.10. The van der Waals surface area contributed by atoms with Crippen LogP contribution in [0.1, 0.15) is 51.7 Å². The van der Waals surface area contributed by atoms with E-state index in [1.54, 1.807) is 59.1 Å². The summed E-state index contributed by atoms with van der Waals surface area (Å²) in [5, 5.41) is 25.9. The van der Waals surface area contributed by atoms with Gasteiger partial charge in [0.15, 0.2) is 0 Å². The van der Waals surface area contributed by atoms with Crippen molar-refractivity contribution in [3.8, 4) is 11.5 Å². The van der Waals surface area contributed by atoms with Gasteiger partial charge in [0, 0.05) is 54.1 Å². The Morgan fingerprint density at radius 3 is 1.18 bits per heavy atom. The Balaban J connectivity index is 0.000000235. The molecule has 0 saturated carbocycles. The number of nitrogens with two attached hydrogens (primary N) is 3. The number of fused-ring (bicyclic) bond motifs is 2. The number of amides is 1. The number of nitrogen functional groups attached to an aromatic ring is 3. The molecule has 0 bridgehead atoms. The van der Waals surface area contributed by atoms with Crippen molar-refractivity contribution in [1.29, 1.82) is 0 Å². The average molecular weight is 1600 g/mol. The first-order valence-electron chi connectivity index (χ1n) is 22.4. The molecule has 0 unspecified atom stereocenters. The number of benzene rings is 7. The van der Waals surface area contributed by atoms with Crippen LogP contribution in [0.3, 0.4) is 0 Å². The van der Waals surface area contributed by atoms with E-state index in [2.05, 4.69) is 167 Å². The molecular weight excluding hydrogens is 1540 g/mol. The van der Waals surface area contributed by atoms with Gasteiger partial charge in [0.2, 0.25) is 5.91 Å². The molecule has 9 aromatic rings. The van der Waals surface area contributed by atoms with Crippen molar-refractivity contribution in [3.05, 3.63) is 183 Å². The number of aromatic nitrogens is 2. The fourth-order valence-electron chi connectivity index (χ4n) is 6.06. The molecule has 0 radical (unpaired) electrons. The van der Waals surface area contributed by atoms with E-state index in [0.717, 1.165) is 94.8 Å². The number of anilines is 5. The van der Waals surface area contributed by atoms with E-state index in [1.807, 2.05) is 109 Å². The second-order valence-electron chi connectivity index (χ2n) is 16.5. The van der Waals surface area contributed by atoms with Crippen molar-refractivity contribution in [2.45, 2.75) is 62.3 Å². The van der Waals surface area contributed by atoms with Gasteiger partial charge < -0.3 is 38.0 Å². The minimum Gasteiger partial charge on any atom is -0.508 e. The summed E-state index contributed by atoms with van der Waals surface area (Å²) >= 11 is 35.5. The highest BCUT2D eigenvalue weighted by atomic mass is 79.9. The minimum absolute atomic E-state index is 0.0785. The lowest BCUT2D eigenvalue weighted by Crippen LogP contribution is -2.07. The monoisotopic (exact) mass is 1590 g/mol. The number of halogens is 8. The molecule has 0 atom stereocenters. The number of hydrogen-bond acceptors (Lipinski definition) is 11. The van der Waals surface area contributed by atoms with Gasteiger partial charge in [-0.05, 0) is 302 Å². The SMILES string of the molecule is CC(=O)Nc1c(Br)cc(C)cc1Br.CC(=S)Nc1c(Br)cc(C)cc1Br.Cc1cc(Br)c(N)c(Br)c1.Cc1cc(Br)c2nc(C)sc2c1.Cc1ccc(N)cc1.Cc1nc2c(Br)cc(O)cc2s1.Nc1ccc(O)cc1. The Hall–Kier alpha value is -3.48. The highest BCUT2D eigenvalue weighted by Gasteiger charge is 2.09. The van der Waals surface area contributed by atoms with E-state index in [-0.39, 0.29) is 17.4 Å². The molecule has 2 aromatic heterocycles. The first kappa shape index (κ1) is 66.8. The zero-order valence-electron chi connectivity index (χ0n) is 42.6. The van der Waals surface area contributed by atoms with E-state index in [9.17, 15) is 9.90 Å². The van der Waals surface area contributed by atoms with Crippen molar-refractivity contribution in [2.24, 2.45) is 0 Å². The number of aryl methyl sites for hydroxylation is 7. The maximum Gasteiger partial charge on any atom is 0.221 e. The zero-order valence-corrected chi connectivity index (χ0v) is 57.7. The molecule has 10 nitrogen and oxygen atoms in total. The van der Waals surface area contributed by atoms with Gasteiger partial charge in [-0.3, -0.25) is 4.79 Å². The number of nitrogens with zero attached hydrogens (tertiary/aromatic N) is 2. The number of thiazole rings is 2. The van der Waals surface area contributed by atoms with Gasteiger partial charge in [-0.15, -0.1) is 22.7 Å². The summed E-state index contributed by atoms with van der Waals surface area (Å²) in [6.07, 6.45) is 0. The van der Waals surface area contributed by atoms with Crippen LogP contribution in [0.25, 0.3) is 20.4 Å². The van der Waals surface area contributed by atoms with Crippen LogP contribution in [0.2, 0.25) is 0 Å². The summed E-state index contributed by atoms with van der Waals surface area (Å²) < 4.78 is 9.91. The third-order valence-electron chi connectivity index (χ3n) is 9.41. The van der Waals surface area contributed by atoms with E-state index in [4.69, 9.17) is 34.5 Å². The quantitative estimate of drug-likeness (QED) is 0.0499. The standard InChI is InChI=1S/C9H9Br2NO.C9H9Br2NS.C9H8BrNS.C8H6BrNOS.C7H7Br2N.C7H9N.C6H7NO/c2*1-5-3-7(10)9(8(11)4-5)12-6(2)13;1-5-3-7(10)9-8(4-5)12-6(2)11-9;1-4-10-8-6(9)2-5(11)3-7(8)12-4;1-4-2-5(8)7(10)6(9)3-4;1-6-2-4-7(8)5-3-6;7-5-1-3-6(8)4-2-5/h2*3-4H,1-2H3,(H,12,13);3-4H,1-2H3;2-3,11H,1H3;2-3H,10H2,1H3;2-5H,8H2,1H3;1-4,8H,7H2. The van der Waals surface area contributed by atoms with Gasteiger partial charge in [0.25, 0.3) is 0 Å². The Morgan fingerprint density at radius 2 is 0.803 bits per heavy atom. The topological polar surface area (TPSA) is 185 Å². The number of nitrogens with one attached hydrogen (secondary N) is 2. The second kappa shape index (κ2) is 32.6. The van der Waals surface area contributed by atoms with Crippen molar-refractivity contribution in [2.75, 3.05) is 27.8 Å². The number of rotatable bonds is 2. The second-order valence-corrected chi connectivity index (χ2v) is 26.5. The van der Waals surface area contributed by atoms with E-state index in [1.165, 1.54) is 33.9 Å². The molecule has 1 amide bonds. The normalized spacial score (nSPS) is 10.0. The van der Waals surface area contributed by atoms with Crippen LogP contribution in [0, 0.1) is 48.5 Å². The molecule has 9 rings (SSSR count). The van der Waals surface area contributed by atoms with Crippen LogP contribution in [-0.2, 0) is 4.79 Å². The van der Waals surface area contributed by atoms with Crippen LogP contribution in [-0.4, -0.2) is 31.1 Å². The summed E-state index contributed by atoms with van der Waals surface area (Å²) in [5.74, 6) is 0.447. The van der Waals surface area contributed by atoms with Gasteiger partial charge in [-0.25, -0.2) is 9.97 Å². The maximum atomic E-state index is 10.8. The van der Waals surface area contributed by atoms with Gasteiger partial charge in [-0.1, -0.05) is 29.9 Å². The summed E-state index contributed by atoms with van der Waals surface area (Å²) in [4.78, 5) is 20.3. The highest BCUT2D eigenvalue weighted by molar-refractivity contribution is 9.12. The molecule has 0 aliphatic carbocycles. The summed E-state index contributed by atoms with van der Waals surface area (Å²) in [6.45, 7) is 17.5. The largest absolute Gasteiger partial charge is 0.508 e. The van der Waals surface area contributed by atoms with Crippen LogP contribution in [0.5, 0.6) is 11.5 Å². The average Bonchev–Trinajstić information content (AvgIpc) is 3.89. The van der Waals surface area contributed by atoms with Crippen molar-refractivity contribution < 1.29 is 15.0 Å². The molecule has 2 heterocycles.